The number of nitro groups is 1. The second-order valence-corrected chi connectivity index (χ2v) is 5.76. The third-order valence-corrected chi connectivity index (χ3v) is 3.95. The Labute approximate surface area is 141 Å². The maximum atomic E-state index is 12.0. The van der Waals surface area contributed by atoms with Crippen molar-refractivity contribution >= 4 is 28.1 Å². The predicted octanol–water partition coefficient (Wildman–Crippen LogP) is 2.94. The van der Waals surface area contributed by atoms with Crippen LogP contribution in [0.25, 0.3) is 11.3 Å². The lowest BCUT2D eigenvalue weighted by Crippen LogP contribution is -2.13. The van der Waals surface area contributed by atoms with Crippen molar-refractivity contribution in [3.05, 3.63) is 58.9 Å². The molecule has 0 saturated heterocycles. The molecule has 24 heavy (non-hydrogen) atoms. The summed E-state index contributed by atoms with van der Waals surface area (Å²) >= 11 is 1.21. The highest BCUT2D eigenvalue weighted by molar-refractivity contribution is 7.10. The Hall–Kier alpha value is -3.07. The van der Waals surface area contributed by atoms with Gasteiger partial charge >= 0.3 is 5.69 Å². The van der Waals surface area contributed by atoms with E-state index in [2.05, 4.69) is 14.8 Å². The molecular weight excluding hydrogens is 330 g/mol. The van der Waals surface area contributed by atoms with E-state index in [1.54, 1.807) is 0 Å². The van der Waals surface area contributed by atoms with E-state index >= 15 is 0 Å². The van der Waals surface area contributed by atoms with Crippen molar-refractivity contribution in [3.63, 3.8) is 0 Å². The molecule has 2 aromatic heterocycles. The number of aromatic nitrogens is 3. The molecule has 0 aliphatic carbocycles. The Balaban J connectivity index is 1.55. The fraction of sp³-hybridized carbons (Fsp3) is 0.133. The second kappa shape index (κ2) is 7.01. The Kier molecular flexibility index (Phi) is 4.62. The lowest BCUT2D eigenvalue weighted by atomic mass is 10.2. The van der Waals surface area contributed by atoms with Crippen LogP contribution in [0.3, 0.4) is 0 Å². The molecule has 0 fully saturated rings. The fourth-order valence-corrected chi connectivity index (χ4v) is 2.74. The molecule has 2 heterocycles. The van der Waals surface area contributed by atoms with Crippen molar-refractivity contribution in [1.29, 1.82) is 0 Å². The summed E-state index contributed by atoms with van der Waals surface area (Å²) in [5, 5.41) is 17.9. The van der Waals surface area contributed by atoms with Crippen LogP contribution in [-0.4, -0.2) is 25.0 Å². The van der Waals surface area contributed by atoms with Crippen molar-refractivity contribution in [3.8, 4) is 11.3 Å². The molecule has 0 atom stereocenters. The monoisotopic (exact) mass is 343 g/mol. The first-order valence-corrected chi connectivity index (χ1v) is 7.88. The molecule has 8 nitrogen and oxygen atoms in total. The highest BCUT2D eigenvalue weighted by Gasteiger charge is 2.11. The van der Waals surface area contributed by atoms with Gasteiger partial charge in [-0.15, -0.1) is 0 Å². The van der Waals surface area contributed by atoms with E-state index in [1.807, 2.05) is 36.4 Å². The maximum absolute atomic E-state index is 12.0. The number of nitrogens with zero attached hydrogens (tertiary/aromatic N) is 4. The number of nitrogens with one attached hydrogen (secondary N) is 1. The molecule has 0 unspecified atom stereocenters. The third kappa shape index (κ3) is 3.82. The summed E-state index contributed by atoms with van der Waals surface area (Å²) in [5.41, 5.74) is 1.70. The Morgan fingerprint density at radius 1 is 1.33 bits per heavy atom. The molecule has 3 aromatic rings. The number of carbonyl (C=O) groups is 1. The van der Waals surface area contributed by atoms with Gasteiger partial charge < -0.3 is 5.32 Å². The van der Waals surface area contributed by atoms with Gasteiger partial charge in [0.1, 0.15) is 17.4 Å². The summed E-state index contributed by atoms with van der Waals surface area (Å²) in [6.07, 6.45) is 2.62. The highest BCUT2D eigenvalue weighted by Crippen LogP contribution is 2.25. The summed E-state index contributed by atoms with van der Waals surface area (Å²) in [6, 6.07) is 11.5. The van der Waals surface area contributed by atoms with E-state index in [-0.39, 0.29) is 24.6 Å². The molecule has 0 aliphatic rings. The SMILES string of the molecule is O=C(CCn1cc([N+](=O)[O-])cn1)Nc1cc(-c2ccccc2)ns1. The van der Waals surface area contributed by atoms with Gasteiger partial charge in [-0.3, -0.25) is 19.6 Å². The average molecular weight is 343 g/mol. The van der Waals surface area contributed by atoms with Gasteiger partial charge in [0.25, 0.3) is 0 Å². The Morgan fingerprint density at radius 2 is 2.12 bits per heavy atom. The summed E-state index contributed by atoms with van der Waals surface area (Å²) in [5.74, 6) is -0.198. The van der Waals surface area contributed by atoms with Crippen LogP contribution in [0.2, 0.25) is 0 Å². The van der Waals surface area contributed by atoms with Crippen LogP contribution in [0.4, 0.5) is 10.7 Å². The van der Waals surface area contributed by atoms with Gasteiger partial charge in [-0.1, -0.05) is 30.3 Å². The van der Waals surface area contributed by atoms with Gasteiger partial charge in [-0.25, -0.2) is 0 Å². The number of aryl methyl sites for hydroxylation is 1. The van der Waals surface area contributed by atoms with Crippen LogP contribution in [0, 0.1) is 10.1 Å². The molecule has 0 aliphatic heterocycles. The van der Waals surface area contributed by atoms with Crippen LogP contribution in [-0.2, 0) is 11.3 Å². The summed E-state index contributed by atoms with van der Waals surface area (Å²) in [6.45, 7) is 0.268. The van der Waals surface area contributed by atoms with E-state index in [0.717, 1.165) is 17.5 Å². The van der Waals surface area contributed by atoms with Gasteiger partial charge in [0.05, 0.1) is 10.6 Å². The fourth-order valence-electron chi connectivity index (χ4n) is 2.06. The second-order valence-electron chi connectivity index (χ2n) is 4.96. The Morgan fingerprint density at radius 3 is 2.83 bits per heavy atom. The lowest BCUT2D eigenvalue weighted by molar-refractivity contribution is -0.385. The molecule has 1 amide bonds. The largest absolute Gasteiger partial charge is 0.316 e. The summed E-state index contributed by atoms with van der Waals surface area (Å²) in [4.78, 5) is 22.0. The molecule has 1 N–H and O–H groups in total. The number of anilines is 1. The molecule has 0 bridgehead atoms. The van der Waals surface area contributed by atoms with Crippen LogP contribution < -0.4 is 5.32 Å². The minimum atomic E-state index is -0.522. The predicted molar refractivity (Wildman–Crippen MR) is 89.7 cm³/mol. The van der Waals surface area contributed by atoms with E-state index in [0.29, 0.717) is 5.00 Å². The van der Waals surface area contributed by atoms with E-state index in [4.69, 9.17) is 0 Å². The van der Waals surface area contributed by atoms with Crippen molar-refractivity contribution < 1.29 is 9.72 Å². The molecule has 9 heteroatoms. The number of rotatable bonds is 6. The molecule has 0 radical (unpaired) electrons. The van der Waals surface area contributed by atoms with E-state index < -0.39 is 4.92 Å². The molecule has 122 valence electrons. The first-order chi connectivity index (χ1) is 11.6. The van der Waals surface area contributed by atoms with Crippen LogP contribution in [0.1, 0.15) is 6.42 Å². The van der Waals surface area contributed by atoms with Crippen molar-refractivity contribution in [2.45, 2.75) is 13.0 Å². The molecule has 1 aromatic carbocycles. The van der Waals surface area contributed by atoms with Crippen LogP contribution in [0.5, 0.6) is 0 Å². The van der Waals surface area contributed by atoms with Gasteiger partial charge in [-0.2, -0.15) is 9.47 Å². The van der Waals surface area contributed by atoms with Crippen LogP contribution in [0.15, 0.2) is 48.8 Å². The number of hydrogen-bond donors (Lipinski definition) is 1. The van der Waals surface area contributed by atoms with Gasteiger partial charge in [0, 0.05) is 24.6 Å². The molecule has 0 saturated carbocycles. The maximum Gasteiger partial charge on any atom is 0.306 e. The Bertz CT molecular complexity index is 859. The van der Waals surface area contributed by atoms with Crippen LogP contribution >= 0.6 is 11.5 Å². The molecule has 0 spiro atoms. The third-order valence-electron chi connectivity index (χ3n) is 3.24. The normalized spacial score (nSPS) is 10.5. The highest BCUT2D eigenvalue weighted by atomic mass is 32.1. The molecule has 3 rings (SSSR count). The number of carbonyl (C=O) groups excluding carboxylic acids is 1. The van der Waals surface area contributed by atoms with Crippen molar-refractivity contribution in [2.24, 2.45) is 0 Å². The topological polar surface area (TPSA) is 103 Å². The minimum absolute atomic E-state index is 0.0923. The lowest BCUT2D eigenvalue weighted by Gasteiger charge is -2.02. The first-order valence-electron chi connectivity index (χ1n) is 7.10. The number of amides is 1. The first kappa shape index (κ1) is 15.8. The van der Waals surface area contributed by atoms with Gasteiger partial charge in [0.15, 0.2) is 0 Å². The van der Waals surface area contributed by atoms with Gasteiger partial charge in [0.2, 0.25) is 5.91 Å². The number of hydrogen-bond acceptors (Lipinski definition) is 6. The zero-order chi connectivity index (χ0) is 16.9. The quantitative estimate of drug-likeness (QED) is 0.547. The van der Waals surface area contributed by atoms with Gasteiger partial charge in [-0.05, 0) is 11.5 Å². The van der Waals surface area contributed by atoms with E-state index in [9.17, 15) is 14.9 Å². The summed E-state index contributed by atoms with van der Waals surface area (Å²) < 4.78 is 5.69. The molecular formula is C15H13N5O3S. The standard InChI is InChI=1S/C15H13N5O3S/c21-14(6-7-19-10-12(9-16-19)20(22)23)17-15-8-13(18-24-15)11-4-2-1-3-5-11/h1-5,8-10H,6-7H2,(H,17,21). The van der Waals surface area contributed by atoms with Crippen molar-refractivity contribution in [1.82, 2.24) is 14.2 Å². The minimum Gasteiger partial charge on any atom is -0.316 e. The summed E-state index contributed by atoms with van der Waals surface area (Å²) in [7, 11) is 0. The smallest absolute Gasteiger partial charge is 0.306 e. The van der Waals surface area contributed by atoms with Crippen molar-refractivity contribution in [2.75, 3.05) is 5.32 Å². The zero-order valence-electron chi connectivity index (χ0n) is 12.5. The van der Waals surface area contributed by atoms with E-state index in [1.165, 1.54) is 22.4 Å². The average Bonchev–Trinajstić information content (AvgIpc) is 3.23. The number of benzene rings is 1. The zero-order valence-corrected chi connectivity index (χ0v) is 13.3.